The highest BCUT2D eigenvalue weighted by Crippen LogP contribution is 2.19. The molecule has 0 bridgehead atoms. The van der Waals surface area contributed by atoms with E-state index in [0.717, 1.165) is 6.07 Å². The van der Waals surface area contributed by atoms with Gasteiger partial charge in [0, 0.05) is 12.2 Å². The Labute approximate surface area is 97.0 Å². The predicted octanol–water partition coefficient (Wildman–Crippen LogP) is 2.79. The highest BCUT2D eigenvalue weighted by molar-refractivity contribution is 5.41. The number of hydrogen-bond donors (Lipinski definition) is 1. The van der Waals surface area contributed by atoms with Crippen molar-refractivity contribution in [1.82, 2.24) is 4.90 Å². The number of anilines is 1. The van der Waals surface area contributed by atoms with Crippen LogP contribution in [0.25, 0.3) is 0 Å². The monoisotopic (exact) mass is 250 g/mol. The van der Waals surface area contributed by atoms with Crippen LogP contribution in [0.4, 0.5) is 23.2 Å². The number of benzene rings is 1. The van der Waals surface area contributed by atoms with E-state index in [1.54, 1.807) is 6.92 Å². The summed E-state index contributed by atoms with van der Waals surface area (Å²) in [6.07, 6.45) is -4.26. The largest absolute Gasteiger partial charge is 0.401 e. The van der Waals surface area contributed by atoms with Crippen molar-refractivity contribution in [2.75, 3.05) is 18.8 Å². The van der Waals surface area contributed by atoms with E-state index in [-0.39, 0.29) is 18.8 Å². The van der Waals surface area contributed by atoms with Crippen molar-refractivity contribution in [2.45, 2.75) is 19.6 Å². The summed E-state index contributed by atoms with van der Waals surface area (Å²) in [6, 6.07) is 3.79. The Morgan fingerprint density at radius 3 is 2.35 bits per heavy atom. The van der Waals surface area contributed by atoms with Gasteiger partial charge in [0.05, 0.1) is 6.54 Å². The molecule has 2 nitrogen and oxygen atoms in total. The van der Waals surface area contributed by atoms with Gasteiger partial charge in [-0.15, -0.1) is 0 Å². The van der Waals surface area contributed by atoms with Crippen LogP contribution in [0.1, 0.15) is 12.5 Å². The number of halogens is 4. The van der Waals surface area contributed by atoms with Crippen LogP contribution in [-0.4, -0.2) is 24.2 Å². The second kappa shape index (κ2) is 5.35. The van der Waals surface area contributed by atoms with Gasteiger partial charge in [0.2, 0.25) is 0 Å². The maximum Gasteiger partial charge on any atom is 0.401 e. The van der Waals surface area contributed by atoms with Crippen LogP contribution in [0.5, 0.6) is 0 Å². The van der Waals surface area contributed by atoms with E-state index >= 15 is 0 Å². The molecule has 2 N–H and O–H groups in total. The minimum atomic E-state index is -4.26. The first-order chi connectivity index (χ1) is 7.80. The number of hydrogen-bond acceptors (Lipinski definition) is 2. The van der Waals surface area contributed by atoms with Gasteiger partial charge in [-0.3, -0.25) is 4.90 Å². The molecule has 0 aliphatic carbocycles. The second-order valence-electron chi connectivity index (χ2n) is 3.81. The third-order valence-electron chi connectivity index (χ3n) is 2.24. The summed E-state index contributed by atoms with van der Waals surface area (Å²) in [5.74, 6) is -0.539. The van der Waals surface area contributed by atoms with Gasteiger partial charge in [-0.2, -0.15) is 13.2 Å². The fourth-order valence-corrected chi connectivity index (χ4v) is 1.56. The highest BCUT2D eigenvalue weighted by atomic mass is 19.4. The molecule has 0 saturated heterocycles. The summed E-state index contributed by atoms with van der Waals surface area (Å²) >= 11 is 0. The molecule has 1 rings (SSSR count). The minimum absolute atomic E-state index is 0.0258. The Balaban J connectivity index is 2.73. The van der Waals surface area contributed by atoms with Crippen molar-refractivity contribution in [3.63, 3.8) is 0 Å². The molecule has 0 aliphatic rings. The molecule has 0 radical (unpaired) electrons. The molecule has 0 heterocycles. The normalized spacial score (nSPS) is 12.1. The topological polar surface area (TPSA) is 29.3 Å². The van der Waals surface area contributed by atoms with Crippen molar-refractivity contribution < 1.29 is 17.6 Å². The Kier molecular flexibility index (Phi) is 4.34. The summed E-state index contributed by atoms with van der Waals surface area (Å²) in [5.41, 5.74) is 6.07. The van der Waals surface area contributed by atoms with Gasteiger partial charge >= 0.3 is 6.18 Å². The van der Waals surface area contributed by atoms with Crippen LogP contribution in [0.15, 0.2) is 18.2 Å². The van der Waals surface area contributed by atoms with Crippen molar-refractivity contribution in [3.05, 3.63) is 29.6 Å². The van der Waals surface area contributed by atoms with E-state index < -0.39 is 18.5 Å². The molecule has 0 spiro atoms. The van der Waals surface area contributed by atoms with Crippen molar-refractivity contribution in [2.24, 2.45) is 0 Å². The number of nitrogen functional groups attached to an aromatic ring is 1. The molecule has 6 heteroatoms. The Hall–Kier alpha value is -1.30. The standard InChI is InChI=1S/C11H14F4N2/c1-2-17(7-11(13,14)15)6-8-3-9(12)5-10(16)4-8/h3-5H,2,6-7,16H2,1H3. The van der Waals surface area contributed by atoms with E-state index in [4.69, 9.17) is 5.73 Å². The van der Waals surface area contributed by atoms with E-state index in [2.05, 4.69) is 0 Å². The fourth-order valence-electron chi connectivity index (χ4n) is 1.56. The summed E-state index contributed by atoms with van der Waals surface area (Å²) in [4.78, 5) is 1.17. The second-order valence-corrected chi connectivity index (χ2v) is 3.81. The lowest BCUT2D eigenvalue weighted by Gasteiger charge is -2.22. The first-order valence-electron chi connectivity index (χ1n) is 5.14. The zero-order valence-corrected chi connectivity index (χ0v) is 9.39. The van der Waals surface area contributed by atoms with Gasteiger partial charge in [-0.1, -0.05) is 6.92 Å². The molecular weight excluding hydrogens is 236 g/mol. The molecular formula is C11H14F4N2. The smallest absolute Gasteiger partial charge is 0.399 e. The fraction of sp³-hybridized carbons (Fsp3) is 0.455. The predicted molar refractivity (Wildman–Crippen MR) is 57.8 cm³/mol. The first-order valence-corrected chi connectivity index (χ1v) is 5.14. The molecule has 17 heavy (non-hydrogen) atoms. The van der Waals surface area contributed by atoms with Gasteiger partial charge in [-0.05, 0) is 30.3 Å². The summed E-state index contributed by atoms with van der Waals surface area (Å²) < 4.78 is 49.6. The SMILES string of the molecule is CCN(Cc1cc(N)cc(F)c1)CC(F)(F)F. The van der Waals surface area contributed by atoms with Crippen LogP contribution >= 0.6 is 0 Å². The molecule has 0 amide bonds. The maximum absolute atomic E-state index is 13.0. The molecule has 1 aromatic carbocycles. The number of nitrogens with zero attached hydrogens (tertiary/aromatic N) is 1. The van der Waals surface area contributed by atoms with Crippen LogP contribution < -0.4 is 5.73 Å². The number of nitrogens with two attached hydrogens (primary N) is 1. The molecule has 96 valence electrons. The van der Waals surface area contributed by atoms with Crippen LogP contribution in [0.2, 0.25) is 0 Å². The van der Waals surface area contributed by atoms with Gasteiger partial charge < -0.3 is 5.73 Å². The lowest BCUT2D eigenvalue weighted by atomic mass is 10.2. The van der Waals surface area contributed by atoms with Crippen molar-refractivity contribution in [3.8, 4) is 0 Å². The average Bonchev–Trinajstić information content (AvgIpc) is 2.12. The molecule has 0 atom stereocenters. The Morgan fingerprint density at radius 1 is 1.24 bits per heavy atom. The molecule has 0 aromatic heterocycles. The zero-order chi connectivity index (χ0) is 13.1. The van der Waals surface area contributed by atoms with Gasteiger partial charge in [0.15, 0.2) is 0 Å². The van der Waals surface area contributed by atoms with Gasteiger partial charge in [0.1, 0.15) is 5.82 Å². The molecule has 0 unspecified atom stereocenters. The van der Waals surface area contributed by atoms with E-state index in [0.29, 0.717) is 5.56 Å². The zero-order valence-electron chi connectivity index (χ0n) is 9.39. The average molecular weight is 250 g/mol. The molecule has 0 saturated carbocycles. The van der Waals surface area contributed by atoms with Crippen LogP contribution in [0, 0.1) is 5.82 Å². The van der Waals surface area contributed by atoms with E-state index in [9.17, 15) is 17.6 Å². The summed E-state index contributed by atoms with van der Waals surface area (Å²) in [7, 11) is 0. The van der Waals surface area contributed by atoms with Crippen LogP contribution in [-0.2, 0) is 6.54 Å². The molecule has 1 aromatic rings. The number of rotatable bonds is 4. The lowest BCUT2D eigenvalue weighted by molar-refractivity contribution is -0.146. The number of alkyl halides is 3. The Morgan fingerprint density at radius 2 is 1.88 bits per heavy atom. The lowest BCUT2D eigenvalue weighted by Crippen LogP contribution is -2.33. The van der Waals surface area contributed by atoms with E-state index in [1.165, 1.54) is 17.0 Å². The minimum Gasteiger partial charge on any atom is -0.399 e. The van der Waals surface area contributed by atoms with Crippen molar-refractivity contribution in [1.29, 1.82) is 0 Å². The summed E-state index contributed by atoms with van der Waals surface area (Å²) in [5, 5.41) is 0. The summed E-state index contributed by atoms with van der Waals surface area (Å²) in [6.45, 7) is 0.863. The Bertz CT molecular complexity index is 356. The third-order valence-corrected chi connectivity index (χ3v) is 2.24. The van der Waals surface area contributed by atoms with E-state index in [1.807, 2.05) is 0 Å². The van der Waals surface area contributed by atoms with Crippen molar-refractivity contribution >= 4 is 5.69 Å². The first kappa shape index (κ1) is 13.8. The quantitative estimate of drug-likeness (QED) is 0.657. The van der Waals surface area contributed by atoms with Crippen LogP contribution in [0.3, 0.4) is 0 Å². The maximum atomic E-state index is 13.0. The van der Waals surface area contributed by atoms with Gasteiger partial charge in [0.25, 0.3) is 0 Å². The molecule has 0 fully saturated rings. The third kappa shape index (κ3) is 5.04. The van der Waals surface area contributed by atoms with Gasteiger partial charge in [-0.25, -0.2) is 4.39 Å². The highest BCUT2D eigenvalue weighted by Gasteiger charge is 2.30. The molecule has 0 aliphatic heterocycles.